The molecule has 1 aromatic heterocycles. The summed E-state index contributed by atoms with van der Waals surface area (Å²) < 4.78 is 6.96. The van der Waals surface area contributed by atoms with Gasteiger partial charge in [-0.15, -0.1) is 10.2 Å². The Morgan fingerprint density at radius 1 is 1.25 bits per heavy atom. The van der Waals surface area contributed by atoms with Gasteiger partial charge in [0.1, 0.15) is 12.1 Å². The second-order valence-electron chi connectivity index (χ2n) is 5.07. The third-order valence-electron chi connectivity index (χ3n) is 3.44. The number of benzene rings is 2. The molecule has 0 radical (unpaired) electrons. The number of hydrogen-bond donors (Lipinski definition) is 1. The monoisotopic (exact) mass is 342 g/mol. The highest BCUT2D eigenvalue weighted by Crippen LogP contribution is 2.23. The molecule has 1 heterocycles. The summed E-state index contributed by atoms with van der Waals surface area (Å²) in [4.78, 5) is 12.5. The van der Waals surface area contributed by atoms with E-state index in [4.69, 9.17) is 16.3 Å². The molecule has 0 bridgehead atoms. The summed E-state index contributed by atoms with van der Waals surface area (Å²) in [6, 6.07) is 14.7. The van der Waals surface area contributed by atoms with Gasteiger partial charge in [0.05, 0.1) is 19.2 Å². The summed E-state index contributed by atoms with van der Waals surface area (Å²) in [5.74, 6) is 0.425. The largest absolute Gasteiger partial charge is 0.496 e. The van der Waals surface area contributed by atoms with Gasteiger partial charge < -0.3 is 4.74 Å². The number of nitrogens with one attached hydrogen (secondary N) is 1. The Bertz CT molecular complexity index is 849. The van der Waals surface area contributed by atoms with Crippen LogP contribution < -0.4 is 10.1 Å². The Morgan fingerprint density at radius 3 is 2.79 bits per heavy atom. The lowest BCUT2D eigenvalue weighted by atomic mass is 10.2. The van der Waals surface area contributed by atoms with Crippen LogP contribution in [0.1, 0.15) is 15.9 Å². The molecule has 3 aromatic rings. The standard InChI is InChI=1S/C17H15ClN4O2/c1-24-15-8-7-13(18)9-14(15)16(23)20-17-21-19-11-22(17)10-12-5-3-2-4-6-12/h2-9,11H,10H2,1H3,(H,20,21,23). The third kappa shape index (κ3) is 3.55. The molecular formula is C17H15ClN4O2. The molecule has 3 rings (SSSR count). The highest BCUT2D eigenvalue weighted by Gasteiger charge is 2.16. The van der Waals surface area contributed by atoms with Crippen LogP contribution >= 0.6 is 11.6 Å². The number of methoxy groups -OCH3 is 1. The van der Waals surface area contributed by atoms with Crippen LogP contribution in [-0.4, -0.2) is 27.8 Å². The molecule has 0 spiro atoms. The van der Waals surface area contributed by atoms with Gasteiger partial charge in [-0.05, 0) is 23.8 Å². The fourth-order valence-electron chi connectivity index (χ4n) is 2.27. The Balaban J connectivity index is 1.81. The number of anilines is 1. The quantitative estimate of drug-likeness (QED) is 0.772. The molecule has 0 fully saturated rings. The molecule has 0 saturated heterocycles. The minimum absolute atomic E-state index is 0.333. The van der Waals surface area contributed by atoms with Crippen LogP contribution in [0.2, 0.25) is 5.02 Å². The van der Waals surface area contributed by atoms with Crippen LogP contribution in [0.3, 0.4) is 0 Å². The van der Waals surface area contributed by atoms with Gasteiger partial charge in [0.2, 0.25) is 5.95 Å². The van der Waals surface area contributed by atoms with Crippen molar-refractivity contribution in [3.05, 3.63) is 71.0 Å². The van der Waals surface area contributed by atoms with E-state index in [0.29, 0.717) is 28.8 Å². The van der Waals surface area contributed by atoms with Crippen LogP contribution in [0.25, 0.3) is 0 Å². The van der Waals surface area contributed by atoms with Crippen molar-refractivity contribution >= 4 is 23.5 Å². The van der Waals surface area contributed by atoms with E-state index in [0.717, 1.165) is 5.56 Å². The van der Waals surface area contributed by atoms with Gasteiger partial charge in [-0.3, -0.25) is 14.7 Å². The number of hydrogen-bond acceptors (Lipinski definition) is 4. The van der Waals surface area contributed by atoms with Gasteiger partial charge in [0, 0.05) is 5.02 Å². The van der Waals surface area contributed by atoms with E-state index < -0.39 is 0 Å². The fourth-order valence-corrected chi connectivity index (χ4v) is 2.45. The summed E-state index contributed by atoms with van der Waals surface area (Å²) in [5.41, 5.74) is 1.41. The van der Waals surface area contributed by atoms with Crippen LogP contribution in [-0.2, 0) is 6.54 Å². The van der Waals surface area contributed by atoms with Crippen LogP contribution in [0.5, 0.6) is 5.75 Å². The maximum absolute atomic E-state index is 12.5. The molecule has 6 nitrogen and oxygen atoms in total. The predicted molar refractivity (Wildman–Crippen MR) is 91.5 cm³/mol. The van der Waals surface area contributed by atoms with Gasteiger partial charge in [-0.2, -0.15) is 0 Å². The fraction of sp³-hybridized carbons (Fsp3) is 0.118. The third-order valence-corrected chi connectivity index (χ3v) is 3.68. The van der Waals surface area contributed by atoms with Crippen LogP contribution in [0.4, 0.5) is 5.95 Å². The van der Waals surface area contributed by atoms with E-state index in [1.165, 1.54) is 7.11 Å². The number of nitrogens with zero attached hydrogens (tertiary/aromatic N) is 3. The highest BCUT2D eigenvalue weighted by molar-refractivity contribution is 6.31. The lowest BCUT2D eigenvalue weighted by Gasteiger charge is -2.10. The van der Waals surface area contributed by atoms with Crippen molar-refractivity contribution in [1.82, 2.24) is 14.8 Å². The molecule has 0 unspecified atom stereocenters. The second kappa shape index (κ2) is 7.14. The minimum atomic E-state index is -0.364. The van der Waals surface area contributed by atoms with Gasteiger partial charge in [0.15, 0.2) is 0 Å². The molecule has 1 amide bonds. The first-order valence-electron chi connectivity index (χ1n) is 7.24. The first kappa shape index (κ1) is 16.0. The van der Waals surface area contributed by atoms with Crippen LogP contribution in [0.15, 0.2) is 54.9 Å². The minimum Gasteiger partial charge on any atom is -0.496 e. The zero-order valence-corrected chi connectivity index (χ0v) is 13.7. The number of carbonyl (C=O) groups excluding carboxylic acids is 1. The first-order chi connectivity index (χ1) is 11.7. The summed E-state index contributed by atoms with van der Waals surface area (Å²) in [6.07, 6.45) is 1.57. The van der Waals surface area contributed by atoms with Gasteiger partial charge in [-0.1, -0.05) is 41.9 Å². The average molecular weight is 343 g/mol. The van der Waals surface area contributed by atoms with Crippen molar-refractivity contribution in [3.8, 4) is 5.75 Å². The van der Waals surface area contributed by atoms with E-state index in [1.807, 2.05) is 30.3 Å². The van der Waals surface area contributed by atoms with Gasteiger partial charge in [0.25, 0.3) is 5.91 Å². The molecule has 0 aliphatic rings. The van der Waals surface area contributed by atoms with Gasteiger partial charge >= 0.3 is 0 Å². The molecule has 0 aliphatic heterocycles. The van der Waals surface area contributed by atoms with E-state index in [-0.39, 0.29) is 5.91 Å². The maximum Gasteiger partial charge on any atom is 0.261 e. The second-order valence-corrected chi connectivity index (χ2v) is 5.50. The number of halogens is 1. The Labute approximate surface area is 144 Å². The smallest absolute Gasteiger partial charge is 0.261 e. The summed E-state index contributed by atoms with van der Waals surface area (Å²) in [7, 11) is 1.50. The number of aromatic nitrogens is 3. The molecule has 7 heteroatoms. The summed E-state index contributed by atoms with van der Waals surface area (Å²) in [6.45, 7) is 0.552. The molecule has 1 N–H and O–H groups in total. The van der Waals surface area contributed by atoms with Crippen molar-refractivity contribution < 1.29 is 9.53 Å². The summed E-state index contributed by atoms with van der Waals surface area (Å²) >= 11 is 5.97. The van der Waals surface area contributed by atoms with Crippen molar-refractivity contribution in [1.29, 1.82) is 0 Å². The SMILES string of the molecule is COc1ccc(Cl)cc1C(=O)Nc1nncn1Cc1ccccc1. The Kier molecular flexibility index (Phi) is 4.77. The molecule has 122 valence electrons. The average Bonchev–Trinajstić information content (AvgIpc) is 3.02. The first-order valence-corrected chi connectivity index (χ1v) is 7.62. The number of ether oxygens (including phenoxy) is 1. The lowest BCUT2D eigenvalue weighted by Crippen LogP contribution is -2.17. The van der Waals surface area contributed by atoms with E-state index in [9.17, 15) is 4.79 Å². The van der Waals surface area contributed by atoms with Crippen molar-refractivity contribution in [2.75, 3.05) is 12.4 Å². The van der Waals surface area contributed by atoms with Crippen molar-refractivity contribution in [2.24, 2.45) is 0 Å². The number of carbonyl (C=O) groups is 1. The van der Waals surface area contributed by atoms with E-state index >= 15 is 0 Å². The Morgan fingerprint density at radius 2 is 2.04 bits per heavy atom. The Hall–Kier alpha value is -2.86. The molecule has 2 aromatic carbocycles. The molecular weight excluding hydrogens is 328 g/mol. The maximum atomic E-state index is 12.5. The molecule has 24 heavy (non-hydrogen) atoms. The zero-order chi connectivity index (χ0) is 16.9. The van der Waals surface area contributed by atoms with E-state index in [2.05, 4.69) is 15.5 Å². The molecule has 0 atom stereocenters. The lowest BCUT2D eigenvalue weighted by molar-refractivity contribution is 0.102. The summed E-state index contributed by atoms with van der Waals surface area (Å²) in [5, 5.41) is 11.0. The molecule has 0 saturated carbocycles. The normalized spacial score (nSPS) is 10.4. The van der Waals surface area contributed by atoms with Crippen LogP contribution in [0, 0.1) is 0 Å². The number of rotatable bonds is 5. The topological polar surface area (TPSA) is 69.0 Å². The van der Waals surface area contributed by atoms with E-state index in [1.54, 1.807) is 29.1 Å². The zero-order valence-electron chi connectivity index (χ0n) is 12.9. The van der Waals surface area contributed by atoms with Crippen molar-refractivity contribution in [2.45, 2.75) is 6.54 Å². The predicted octanol–water partition coefficient (Wildman–Crippen LogP) is 3.24. The van der Waals surface area contributed by atoms with Gasteiger partial charge in [-0.25, -0.2) is 0 Å². The number of amides is 1. The molecule has 0 aliphatic carbocycles. The van der Waals surface area contributed by atoms with Crippen molar-refractivity contribution in [3.63, 3.8) is 0 Å². The highest BCUT2D eigenvalue weighted by atomic mass is 35.5.